The summed E-state index contributed by atoms with van der Waals surface area (Å²) in [4.78, 5) is 0. The Bertz CT molecular complexity index is 879. The van der Waals surface area contributed by atoms with Crippen molar-refractivity contribution in [2.24, 2.45) is 0 Å². The third-order valence-corrected chi connectivity index (χ3v) is 4.11. The predicted octanol–water partition coefficient (Wildman–Crippen LogP) is 4.94. The molecule has 0 saturated carbocycles. The van der Waals surface area contributed by atoms with Crippen molar-refractivity contribution in [1.82, 2.24) is 9.78 Å². The summed E-state index contributed by atoms with van der Waals surface area (Å²) in [6.45, 7) is 2.41. The van der Waals surface area contributed by atoms with Crippen LogP contribution in [0.4, 0.5) is 11.4 Å². The lowest BCUT2D eigenvalue weighted by Gasteiger charge is -2.09. The van der Waals surface area contributed by atoms with E-state index in [0.717, 1.165) is 17.8 Å². The van der Waals surface area contributed by atoms with Crippen molar-refractivity contribution in [3.05, 3.63) is 71.5 Å². The molecule has 0 bridgehead atoms. The first kappa shape index (κ1) is 18.2. The highest BCUT2D eigenvalue weighted by molar-refractivity contribution is 7.80. The number of halogens is 1. The molecule has 0 aliphatic rings. The third kappa shape index (κ3) is 5.21. The van der Waals surface area contributed by atoms with Crippen molar-refractivity contribution in [3.8, 4) is 5.75 Å². The van der Waals surface area contributed by atoms with Crippen LogP contribution in [-0.2, 0) is 13.2 Å². The Morgan fingerprint density at radius 2 is 1.92 bits per heavy atom. The van der Waals surface area contributed by atoms with Gasteiger partial charge in [0.2, 0.25) is 0 Å². The maximum atomic E-state index is 5.94. The van der Waals surface area contributed by atoms with Gasteiger partial charge in [0.1, 0.15) is 5.75 Å². The first-order chi connectivity index (χ1) is 12.6. The number of rotatable bonds is 6. The average molecular weight is 387 g/mol. The topological polar surface area (TPSA) is 51.1 Å². The Morgan fingerprint density at radius 1 is 1.15 bits per heavy atom. The van der Waals surface area contributed by atoms with Crippen molar-refractivity contribution in [2.45, 2.75) is 20.1 Å². The van der Waals surface area contributed by atoms with Gasteiger partial charge in [0.25, 0.3) is 0 Å². The van der Waals surface area contributed by atoms with Crippen LogP contribution >= 0.6 is 23.8 Å². The monoisotopic (exact) mass is 386 g/mol. The number of anilines is 2. The van der Waals surface area contributed by atoms with Gasteiger partial charge in [-0.3, -0.25) is 0 Å². The Hall–Kier alpha value is -2.57. The molecule has 2 aromatic carbocycles. The second-order valence-electron chi connectivity index (χ2n) is 5.63. The Kier molecular flexibility index (Phi) is 6.09. The second kappa shape index (κ2) is 8.69. The normalized spacial score (nSPS) is 10.4. The van der Waals surface area contributed by atoms with E-state index in [0.29, 0.717) is 15.9 Å². The number of thiocarbonyl (C=S) groups is 1. The number of nitrogens with one attached hydrogen (secondary N) is 2. The molecule has 1 heterocycles. The molecule has 2 N–H and O–H groups in total. The Morgan fingerprint density at radius 3 is 2.65 bits per heavy atom. The first-order valence-corrected chi connectivity index (χ1v) is 8.99. The smallest absolute Gasteiger partial charge is 0.180 e. The standard InChI is InChI=1S/C19H19ClN4OS/c1-2-14-6-8-16(9-7-14)22-19(26)23-17-11-21-24(12-17)13-25-18-5-3-4-15(20)10-18/h3-12H,2,13H2,1H3,(H2,22,23,26). The number of hydrogen-bond acceptors (Lipinski definition) is 3. The number of hydrogen-bond donors (Lipinski definition) is 2. The molecule has 0 fully saturated rings. The zero-order chi connectivity index (χ0) is 18.4. The molecule has 0 unspecified atom stereocenters. The minimum atomic E-state index is 0.278. The molecule has 26 heavy (non-hydrogen) atoms. The largest absolute Gasteiger partial charge is 0.471 e. The fourth-order valence-corrected chi connectivity index (χ4v) is 2.73. The number of ether oxygens (including phenoxy) is 1. The second-order valence-corrected chi connectivity index (χ2v) is 6.47. The molecule has 134 valence electrons. The summed E-state index contributed by atoms with van der Waals surface area (Å²) in [6, 6.07) is 15.4. The molecule has 3 aromatic rings. The Labute approximate surface area is 162 Å². The van der Waals surface area contributed by atoms with Gasteiger partial charge in [-0.1, -0.05) is 36.7 Å². The van der Waals surface area contributed by atoms with Crippen LogP contribution in [0.25, 0.3) is 0 Å². The van der Waals surface area contributed by atoms with Gasteiger partial charge in [0, 0.05) is 10.7 Å². The summed E-state index contributed by atoms with van der Waals surface area (Å²) >= 11 is 11.3. The molecule has 0 aliphatic heterocycles. The number of aromatic nitrogens is 2. The molecule has 0 spiro atoms. The van der Waals surface area contributed by atoms with E-state index in [1.165, 1.54) is 5.56 Å². The van der Waals surface area contributed by atoms with E-state index >= 15 is 0 Å². The van der Waals surface area contributed by atoms with Crippen molar-refractivity contribution in [3.63, 3.8) is 0 Å². The van der Waals surface area contributed by atoms with Crippen LogP contribution in [0.2, 0.25) is 5.02 Å². The van der Waals surface area contributed by atoms with E-state index in [1.54, 1.807) is 23.0 Å². The summed E-state index contributed by atoms with van der Waals surface area (Å²) in [5.74, 6) is 0.690. The van der Waals surface area contributed by atoms with Crippen LogP contribution < -0.4 is 15.4 Å². The molecule has 7 heteroatoms. The lowest BCUT2D eigenvalue weighted by molar-refractivity contribution is 0.221. The lowest BCUT2D eigenvalue weighted by atomic mass is 10.1. The fourth-order valence-electron chi connectivity index (χ4n) is 2.31. The van der Waals surface area contributed by atoms with E-state index in [2.05, 4.69) is 34.8 Å². The minimum absolute atomic E-state index is 0.278. The molecular formula is C19H19ClN4OS. The molecule has 0 saturated heterocycles. The molecule has 1 aromatic heterocycles. The molecule has 0 aliphatic carbocycles. The van der Waals surface area contributed by atoms with Gasteiger partial charge in [-0.25, -0.2) is 4.68 Å². The lowest BCUT2D eigenvalue weighted by Crippen LogP contribution is -2.18. The zero-order valence-corrected chi connectivity index (χ0v) is 15.8. The number of benzene rings is 2. The maximum Gasteiger partial charge on any atom is 0.180 e. The SMILES string of the molecule is CCc1ccc(NC(=S)Nc2cnn(COc3cccc(Cl)c3)c2)cc1. The quantitative estimate of drug-likeness (QED) is 0.587. The summed E-state index contributed by atoms with van der Waals surface area (Å²) in [5, 5.41) is 11.6. The van der Waals surface area contributed by atoms with Gasteiger partial charge < -0.3 is 15.4 Å². The van der Waals surface area contributed by atoms with E-state index in [1.807, 2.05) is 30.5 Å². The fraction of sp³-hybridized carbons (Fsp3) is 0.158. The number of nitrogens with zero attached hydrogens (tertiary/aromatic N) is 2. The minimum Gasteiger partial charge on any atom is -0.471 e. The van der Waals surface area contributed by atoms with E-state index < -0.39 is 0 Å². The van der Waals surface area contributed by atoms with Crippen molar-refractivity contribution in [2.75, 3.05) is 10.6 Å². The first-order valence-electron chi connectivity index (χ1n) is 8.20. The molecule has 0 radical (unpaired) electrons. The van der Waals surface area contributed by atoms with E-state index in [9.17, 15) is 0 Å². The summed E-state index contributed by atoms with van der Waals surface area (Å²) in [7, 11) is 0. The summed E-state index contributed by atoms with van der Waals surface area (Å²) in [6.07, 6.45) is 4.52. The van der Waals surface area contributed by atoms with Crippen molar-refractivity contribution >= 4 is 40.3 Å². The highest BCUT2D eigenvalue weighted by Gasteiger charge is 2.03. The zero-order valence-electron chi connectivity index (χ0n) is 14.3. The van der Waals surface area contributed by atoms with Gasteiger partial charge >= 0.3 is 0 Å². The third-order valence-electron chi connectivity index (χ3n) is 3.67. The molecule has 3 rings (SSSR count). The van der Waals surface area contributed by atoms with Crippen LogP contribution in [0.3, 0.4) is 0 Å². The molecule has 0 amide bonds. The van der Waals surface area contributed by atoms with Crippen LogP contribution in [0.5, 0.6) is 5.75 Å². The Balaban J connectivity index is 1.51. The highest BCUT2D eigenvalue weighted by atomic mass is 35.5. The average Bonchev–Trinajstić information content (AvgIpc) is 3.08. The van der Waals surface area contributed by atoms with Crippen molar-refractivity contribution in [1.29, 1.82) is 0 Å². The highest BCUT2D eigenvalue weighted by Crippen LogP contribution is 2.17. The summed E-state index contributed by atoms with van der Waals surface area (Å²) < 4.78 is 7.32. The molecule has 5 nitrogen and oxygen atoms in total. The van der Waals surface area contributed by atoms with Gasteiger partial charge in [0.05, 0.1) is 18.1 Å². The predicted molar refractivity (Wildman–Crippen MR) is 110 cm³/mol. The summed E-state index contributed by atoms with van der Waals surface area (Å²) in [5.41, 5.74) is 3.01. The van der Waals surface area contributed by atoms with E-state index in [4.69, 9.17) is 28.6 Å². The van der Waals surface area contributed by atoms with Crippen LogP contribution in [0.15, 0.2) is 60.9 Å². The molecular weight excluding hydrogens is 368 g/mol. The number of aryl methyl sites for hydroxylation is 1. The van der Waals surface area contributed by atoms with Gasteiger partial charge in [-0.2, -0.15) is 5.10 Å². The van der Waals surface area contributed by atoms with Gasteiger partial charge in [-0.15, -0.1) is 0 Å². The maximum absolute atomic E-state index is 5.94. The van der Waals surface area contributed by atoms with E-state index in [-0.39, 0.29) is 6.73 Å². The van der Waals surface area contributed by atoms with Gasteiger partial charge in [0.15, 0.2) is 11.8 Å². The van der Waals surface area contributed by atoms with Crippen LogP contribution in [0.1, 0.15) is 12.5 Å². The molecule has 0 atom stereocenters. The van der Waals surface area contributed by atoms with Crippen LogP contribution in [0, 0.1) is 0 Å². The van der Waals surface area contributed by atoms with Crippen molar-refractivity contribution < 1.29 is 4.74 Å². The van der Waals surface area contributed by atoms with Gasteiger partial charge in [-0.05, 0) is 54.5 Å². The van der Waals surface area contributed by atoms with Crippen LogP contribution in [-0.4, -0.2) is 14.9 Å².